The Labute approximate surface area is 145 Å². The topological polar surface area (TPSA) is 69.1 Å². The minimum atomic E-state index is -0.521. The first kappa shape index (κ1) is 15.3. The minimum absolute atomic E-state index is 0.0556. The zero-order chi connectivity index (χ0) is 16.9. The van der Waals surface area contributed by atoms with Crippen molar-refractivity contribution in [2.24, 2.45) is 11.8 Å². The van der Waals surface area contributed by atoms with Crippen molar-refractivity contribution in [3.63, 3.8) is 0 Å². The number of carbonyl (C=O) groups is 1. The van der Waals surface area contributed by atoms with Gasteiger partial charge in [-0.05, 0) is 43.9 Å². The molecule has 0 bridgehead atoms. The monoisotopic (exact) mass is 340 g/mol. The van der Waals surface area contributed by atoms with Crippen LogP contribution >= 0.6 is 11.3 Å². The summed E-state index contributed by atoms with van der Waals surface area (Å²) in [7, 11) is 1.68. The van der Waals surface area contributed by atoms with Gasteiger partial charge in [-0.2, -0.15) is 0 Å². The molecule has 2 fully saturated rings. The first-order valence-corrected chi connectivity index (χ1v) is 8.97. The second-order valence-electron chi connectivity index (χ2n) is 6.79. The van der Waals surface area contributed by atoms with Crippen molar-refractivity contribution in [3.05, 3.63) is 41.5 Å². The smallest absolute Gasteiger partial charge is 0.235 e. The highest BCUT2D eigenvalue weighted by molar-refractivity contribution is 7.15. The van der Waals surface area contributed by atoms with Crippen molar-refractivity contribution >= 4 is 23.2 Å². The molecule has 0 aromatic carbocycles. The van der Waals surface area contributed by atoms with Crippen molar-refractivity contribution in [3.8, 4) is 10.4 Å². The summed E-state index contributed by atoms with van der Waals surface area (Å²) in [5, 5.41) is 11.4. The highest BCUT2D eigenvalue weighted by Crippen LogP contribution is 2.50. The summed E-state index contributed by atoms with van der Waals surface area (Å²) < 4.78 is 0. The van der Waals surface area contributed by atoms with E-state index in [1.807, 2.05) is 18.3 Å². The number of nitrogens with one attached hydrogen (secondary N) is 2. The zero-order valence-corrected chi connectivity index (χ0v) is 14.6. The van der Waals surface area contributed by atoms with Gasteiger partial charge in [-0.1, -0.05) is 6.07 Å². The molecule has 2 aromatic heterocycles. The molecule has 1 aliphatic heterocycles. The van der Waals surface area contributed by atoms with Crippen molar-refractivity contribution in [2.45, 2.75) is 25.3 Å². The van der Waals surface area contributed by atoms with Crippen LogP contribution in [0.5, 0.6) is 0 Å². The fourth-order valence-corrected chi connectivity index (χ4v) is 4.71. The van der Waals surface area contributed by atoms with E-state index >= 15 is 0 Å². The molecule has 3 heterocycles. The molecule has 0 radical (unpaired) electrons. The number of carbonyl (C=O) groups excluding carboxylic acids is 1. The third-order valence-corrected chi connectivity index (χ3v) is 6.46. The predicted octanol–water partition coefficient (Wildman–Crippen LogP) is 3.05. The molecule has 0 unspecified atom stereocenters. The van der Waals surface area contributed by atoms with E-state index in [4.69, 9.17) is 5.41 Å². The highest BCUT2D eigenvalue weighted by atomic mass is 32.1. The summed E-state index contributed by atoms with van der Waals surface area (Å²) in [6, 6.07) is 8.14. The molecule has 2 atom stereocenters. The predicted molar refractivity (Wildman–Crippen MR) is 94.7 cm³/mol. The molecular formula is C18H20N4OS. The third-order valence-electron chi connectivity index (χ3n) is 5.09. The molecule has 1 amide bonds. The number of guanidine groups is 1. The van der Waals surface area contributed by atoms with E-state index in [0.717, 1.165) is 28.2 Å². The zero-order valence-electron chi connectivity index (χ0n) is 13.7. The van der Waals surface area contributed by atoms with Gasteiger partial charge in [-0.15, -0.1) is 11.3 Å². The van der Waals surface area contributed by atoms with E-state index in [-0.39, 0.29) is 17.8 Å². The van der Waals surface area contributed by atoms with Crippen LogP contribution < -0.4 is 5.32 Å². The minimum Gasteiger partial charge on any atom is -0.345 e. The van der Waals surface area contributed by atoms with Crippen molar-refractivity contribution in [2.75, 3.05) is 7.05 Å². The van der Waals surface area contributed by atoms with Crippen LogP contribution in [-0.4, -0.2) is 28.8 Å². The van der Waals surface area contributed by atoms with Crippen LogP contribution in [0.1, 0.15) is 24.6 Å². The lowest BCUT2D eigenvalue weighted by Crippen LogP contribution is -2.64. The van der Waals surface area contributed by atoms with E-state index < -0.39 is 5.54 Å². The number of thiophene rings is 1. The summed E-state index contributed by atoms with van der Waals surface area (Å²) in [5.41, 5.74) is 0.558. The third kappa shape index (κ3) is 2.33. The van der Waals surface area contributed by atoms with E-state index in [9.17, 15) is 4.79 Å². The number of rotatable bonds is 3. The lowest BCUT2D eigenvalue weighted by Gasteiger charge is -2.45. The van der Waals surface area contributed by atoms with E-state index in [1.54, 1.807) is 24.6 Å². The van der Waals surface area contributed by atoms with E-state index in [0.29, 0.717) is 5.92 Å². The number of amides is 1. The van der Waals surface area contributed by atoms with Crippen LogP contribution in [0.4, 0.5) is 0 Å². The molecule has 1 aliphatic carbocycles. The van der Waals surface area contributed by atoms with Crippen molar-refractivity contribution in [1.82, 2.24) is 15.2 Å². The summed E-state index contributed by atoms with van der Waals surface area (Å²) in [5.74, 6) is 0.530. The Balaban J connectivity index is 1.74. The molecule has 5 nitrogen and oxygen atoms in total. The first-order chi connectivity index (χ1) is 11.5. The van der Waals surface area contributed by atoms with Gasteiger partial charge >= 0.3 is 0 Å². The number of hydrogen-bond donors (Lipinski definition) is 2. The Hall–Kier alpha value is -2.21. The van der Waals surface area contributed by atoms with Gasteiger partial charge < -0.3 is 5.32 Å². The second-order valence-corrected chi connectivity index (χ2v) is 7.88. The average molecular weight is 340 g/mol. The highest BCUT2D eigenvalue weighted by Gasteiger charge is 2.54. The van der Waals surface area contributed by atoms with Gasteiger partial charge in [0, 0.05) is 34.8 Å². The molecule has 24 heavy (non-hydrogen) atoms. The van der Waals surface area contributed by atoms with Gasteiger partial charge in [-0.3, -0.25) is 20.1 Å². The molecule has 124 valence electrons. The molecule has 4 rings (SSSR count). The van der Waals surface area contributed by atoms with Crippen LogP contribution in [0, 0.1) is 17.2 Å². The Bertz CT molecular complexity index is 798. The molecule has 1 saturated carbocycles. The molecule has 2 N–H and O–H groups in total. The molecule has 2 aliphatic rings. The molecule has 2 aromatic rings. The number of pyridine rings is 1. The van der Waals surface area contributed by atoms with E-state index in [1.165, 1.54) is 4.90 Å². The Morgan fingerprint density at radius 3 is 2.83 bits per heavy atom. The Morgan fingerprint density at radius 1 is 1.38 bits per heavy atom. The number of nitrogens with zero attached hydrogens (tertiary/aromatic N) is 2. The molecule has 1 saturated heterocycles. The Kier molecular flexibility index (Phi) is 3.46. The summed E-state index contributed by atoms with van der Waals surface area (Å²) >= 11 is 1.68. The van der Waals surface area contributed by atoms with Gasteiger partial charge in [-0.25, -0.2) is 0 Å². The van der Waals surface area contributed by atoms with Crippen molar-refractivity contribution < 1.29 is 4.79 Å². The quantitative estimate of drug-likeness (QED) is 0.902. The number of aromatic nitrogens is 1. The number of hydrogen-bond acceptors (Lipinski definition) is 4. The fourth-order valence-electron chi connectivity index (χ4n) is 3.57. The van der Waals surface area contributed by atoms with Crippen LogP contribution in [-0.2, 0) is 10.3 Å². The SMILES string of the molecule is CN1C(=N)N[C@](C)(c2ccc(-c3cccnc3)s2)[C@H](C2CC2)C1=O. The lowest BCUT2D eigenvalue weighted by atomic mass is 9.78. The summed E-state index contributed by atoms with van der Waals surface area (Å²) in [6.07, 6.45) is 5.80. The maximum Gasteiger partial charge on any atom is 0.235 e. The van der Waals surface area contributed by atoms with Gasteiger partial charge in [0.1, 0.15) is 0 Å². The van der Waals surface area contributed by atoms with Gasteiger partial charge in [0.2, 0.25) is 5.91 Å². The standard InChI is InChI=1S/C18H20N4OS/c1-18(14-8-7-13(24-14)12-4-3-9-20-10-12)15(11-5-6-11)16(23)22(2)17(19)21-18/h3-4,7-11,15H,5-6H2,1-2H3,(H2,19,21)/t15-,18-/m1/s1. The fraction of sp³-hybridized carbons (Fsp3) is 0.389. The van der Waals surface area contributed by atoms with Crippen LogP contribution in [0.15, 0.2) is 36.7 Å². The maximum absolute atomic E-state index is 12.8. The van der Waals surface area contributed by atoms with Crippen LogP contribution in [0.3, 0.4) is 0 Å². The van der Waals surface area contributed by atoms with E-state index in [2.05, 4.69) is 29.4 Å². The van der Waals surface area contributed by atoms with Gasteiger partial charge in [0.25, 0.3) is 0 Å². The van der Waals surface area contributed by atoms with Crippen LogP contribution in [0.2, 0.25) is 0 Å². The molecule has 0 spiro atoms. The summed E-state index contributed by atoms with van der Waals surface area (Å²) in [6.45, 7) is 2.06. The second kappa shape index (κ2) is 5.41. The van der Waals surface area contributed by atoms with Gasteiger partial charge in [0.15, 0.2) is 5.96 Å². The van der Waals surface area contributed by atoms with Crippen LogP contribution in [0.25, 0.3) is 10.4 Å². The Morgan fingerprint density at radius 2 is 2.17 bits per heavy atom. The normalized spacial score (nSPS) is 27.2. The molecular weight excluding hydrogens is 320 g/mol. The lowest BCUT2D eigenvalue weighted by molar-refractivity contribution is -0.136. The molecule has 6 heteroatoms. The largest absolute Gasteiger partial charge is 0.345 e. The average Bonchev–Trinajstić information content (AvgIpc) is 3.27. The van der Waals surface area contributed by atoms with Gasteiger partial charge in [0.05, 0.1) is 11.5 Å². The first-order valence-electron chi connectivity index (χ1n) is 8.16. The summed E-state index contributed by atoms with van der Waals surface area (Å²) in [4.78, 5) is 20.7. The van der Waals surface area contributed by atoms with Crippen molar-refractivity contribution in [1.29, 1.82) is 5.41 Å². The maximum atomic E-state index is 12.8.